The molecule has 1 heterocycles. The average Bonchev–Trinajstić information content (AvgIpc) is 2.57. The Morgan fingerprint density at radius 1 is 1.47 bits per heavy atom. The van der Waals surface area contributed by atoms with Gasteiger partial charge in [-0.05, 0) is 54.0 Å². The first-order chi connectivity index (χ1) is 7.18. The maximum Gasteiger partial charge on any atom is 0.303 e. The second kappa shape index (κ2) is 6.98. The molecule has 0 aliphatic heterocycles. The van der Waals surface area contributed by atoms with Crippen molar-refractivity contribution in [1.29, 1.82) is 0 Å². The van der Waals surface area contributed by atoms with Crippen molar-refractivity contribution < 1.29 is 9.90 Å². The molecule has 2 N–H and O–H groups in total. The zero-order valence-electron chi connectivity index (χ0n) is 8.33. The highest BCUT2D eigenvalue weighted by atomic mass is 79.9. The molecule has 0 unspecified atom stereocenters. The topological polar surface area (TPSA) is 49.3 Å². The number of nitrogens with one attached hydrogen (secondary N) is 1. The van der Waals surface area contributed by atoms with Gasteiger partial charge in [0.1, 0.15) is 0 Å². The van der Waals surface area contributed by atoms with Crippen LogP contribution in [-0.2, 0) is 11.2 Å². The summed E-state index contributed by atoms with van der Waals surface area (Å²) in [7, 11) is 0. The second-order valence-electron chi connectivity index (χ2n) is 3.20. The van der Waals surface area contributed by atoms with Gasteiger partial charge in [-0.15, -0.1) is 11.3 Å². The third-order valence-electron chi connectivity index (χ3n) is 1.92. The first-order valence-electron chi connectivity index (χ1n) is 4.85. The van der Waals surface area contributed by atoms with E-state index >= 15 is 0 Å². The number of halogens is 1. The molecule has 1 aromatic rings. The van der Waals surface area contributed by atoms with Gasteiger partial charge in [0.05, 0.1) is 3.79 Å². The Morgan fingerprint density at radius 3 is 2.87 bits per heavy atom. The summed E-state index contributed by atoms with van der Waals surface area (Å²) in [6, 6.07) is 4.15. The first-order valence-corrected chi connectivity index (χ1v) is 6.46. The Kier molecular flexibility index (Phi) is 5.90. The van der Waals surface area contributed by atoms with Gasteiger partial charge in [0.25, 0.3) is 0 Å². The van der Waals surface area contributed by atoms with Crippen LogP contribution in [0, 0.1) is 0 Å². The molecule has 0 radical (unpaired) electrons. The average molecular weight is 292 g/mol. The molecule has 0 aliphatic rings. The standard InChI is InChI=1S/C10H14BrNO2S/c11-9-4-3-8(15-9)5-7-12-6-1-2-10(13)14/h3-4,12H,1-2,5-7H2,(H,13,14). The Hall–Kier alpha value is -0.390. The monoisotopic (exact) mass is 291 g/mol. The maximum atomic E-state index is 10.2. The van der Waals surface area contributed by atoms with Crippen molar-refractivity contribution in [2.75, 3.05) is 13.1 Å². The molecule has 0 amide bonds. The van der Waals surface area contributed by atoms with E-state index in [0.29, 0.717) is 6.42 Å². The quantitative estimate of drug-likeness (QED) is 0.759. The van der Waals surface area contributed by atoms with Crippen LogP contribution in [0.1, 0.15) is 17.7 Å². The van der Waals surface area contributed by atoms with E-state index in [1.807, 2.05) is 6.07 Å². The summed E-state index contributed by atoms with van der Waals surface area (Å²) in [6.07, 6.45) is 1.95. The van der Waals surface area contributed by atoms with Gasteiger partial charge in [-0.1, -0.05) is 0 Å². The molecule has 15 heavy (non-hydrogen) atoms. The molecule has 3 nitrogen and oxygen atoms in total. The van der Waals surface area contributed by atoms with E-state index in [0.717, 1.165) is 23.3 Å². The normalized spacial score (nSPS) is 10.5. The van der Waals surface area contributed by atoms with Crippen molar-refractivity contribution in [2.45, 2.75) is 19.3 Å². The van der Waals surface area contributed by atoms with Gasteiger partial charge in [0.15, 0.2) is 0 Å². The van der Waals surface area contributed by atoms with E-state index < -0.39 is 5.97 Å². The van der Waals surface area contributed by atoms with Crippen LogP contribution in [0.25, 0.3) is 0 Å². The largest absolute Gasteiger partial charge is 0.481 e. The molecule has 0 fully saturated rings. The number of carbonyl (C=O) groups is 1. The molecule has 0 spiro atoms. The van der Waals surface area contributed by atoms with Crippen LogP contribution in [0.5, 0.6) is 0 Å². The highest BCUT2D eigenvalue weighted by Crippen LogP contribution is 2.21. The Labute approximate surface area is 102 Å². The van der Waals surface area contributed by atoms with E-state index in [9.17, 15) is 4.79 Å². The third kappa shape index (κ3) is 5.92. The molecule has 0 bridgehead atoms. The first kappa shape index (κ1) is 12.7. The molecule has 0 saturated carbocycles. The molecule has 1 rings (SSSR count). The predicted octanol–water partition coefficient (Wildman–Crippen LogP) is 2.51. The molecule has 0 saturated heterocycles. The number of carboxylic acids is 1. The minimum Gasteiger partial charge on any atom is -0.481 e. The van der Waals surface area contributed by atoms with E-state index in [1.54, 1.807) is 11.3 Å². The molecular weight excluding hydrogens is 278 g/mol. The van der Waals surface area contributed by atoms with Crippen LogP contribution in [-0.4, -0.2) is 24.2 Å². The lowest BCUT2D eigenvalue weighted by Gasteiger charge is -2.01. The van der Waals surface area contributed by atoms with Gasteiger partial charge in [-0.2, -0.15) is 0 Å². The summed E-state index contributed by atoms with van der Waals surface area (Å²) in [4.78, 5) is 11.6. The highest BCUT2D eigenvalue weighted by molar-refractivity contribution is 9.11. The predicted molar refractivity (Wildman–Crippen MR) is 65.5 cm³/mol. The molecule has 84 valence electrons. The van der Waals surface area contributed by atoms with Crippen molar-refractivity contribution in [3.63, 3.8) is 0 Å². The number of thiophene rings is 1. The van der Waals surface area contributed by atoms with Crippen LogP contribution >= 0.6 is 27.3 Å². The SMILES string of the molecule is O=C(O)CCCNCCc1ccc(Br)s1. The summed E-state index contributed by atoms with van der Waals surface area (Å²) in [6.45, 7) is 1.69. The summed E-state index contributed by atoms with van der Waals surface area (Å²) in [5.74, 6) is -0.723. The van der Waals surface area contributed by atoms with Crippen LogP contribution in [0.2, 0.25) is 0 Å². The van der Waals surface area contributed by atoms with Crippen molar-refractivity contribution in [1.82, 2.24) is 5.32 Å². The third-order valence-corrected chi connectivity index (χ3v) is 3.60. The lowest BCUT2D eigenvalue weighted by molar-refractivity contribution is -0.137. The zero-order chi connectivity index (χ0) is 11.1. The minimum absolute atomic E-state index is 0.248. The Bertz CT molecular complexity index is 314. The molecule has 1 aromatic heterocycles. The van der Waals surface area contributed by atoms with Crippen LogP contribution in [0.4, 0.5) is 0 Å². The number of hydrogen-bond donors (Lipinski definition) is 2. The van der Waals surface area contributed by atoms with E-state index in [1.165, 1.54) is 4.88 Å². The fourth-order valence-corrected chi connectivity index (χ4v) is 2.67. The van der Waals surface area contributed by atoms with Gasteiger partial charge in [-0.25, -0.2) is 0 Å². The fraction of sp³-hybridized carbons (Fsp3) is 0.500. The minimum atomic E-state index is -0.723. The van der Waals surface area contributed by atoms with Gasteiger partial charge < -0.3 is 10.4 Å². The van der Waals surface area contributed by atoms with Gasteiger partial charge in [0.2, 0.25) is 0 Å². The maximum absolute atomic E-state index is 10.2. The molecule has 0 atom stereocenters. The molecule has 0 aromatic carbocycles. The fourth-order valence-electron chi connectivity index (χ4n) is 1.19. The molecule has 5 heteroatoms. The summed E-state index contributed by atoms with van der Waals surface area (Å²) in [5, 5.41) is 11.6. The van der Waals surface area contributed by atoms with Crippen LogP contribution in [0.15, 0.2) is 15.9 Å². The molecule has 0 aliphatic carbocycles. The van der Waals surface area contributed by atoms with Crippen molar-refractivity contribution in [2.24, 2.45) is 0 Å². The van der Waals surface area contributed by atoms with E-state index in [-0.39, 0.29) is 6.42 Å². The lowest BCUT2D eigenvalue weighted by atomic mass is 10.3. The van der Waals surface area contributed by atoms with Crippen LogP contribution in [0.3, 0.4) is 0 Å². The summed E-state index contributed by atoms with van der Waals surface area (Å²) in [5.41, 5.74) is 0. The Morgan fingerprint density at radius 2 is 2.27 bits per heavy atom. The number of aliphatic carboxylic acids is 1. The van der Waals surface area contributed by atoms with E-state index in [2.05, 4.69) is 27.3 Å². The molecular formula is C10H14BrNO2S. The van der Waals surface area contributed by atoms with Crippen molar-refractivity contribution >= 4 is 33.2 Å². The number of rotatable bonds is 7. The highest BCUT2D eigenvalue weighted by Gasteiger charge is 1.98. The van der Waals surface area contributed by atoms with Gasteiger partial charge >= 0.3 is 5.97 Å². The zero-order valence-corrected chi connectivity index (χ0v) is 10.7. The van der Waals surface area contributed by atoms with E-state index in [4.69, 9.17) is 5.11 Å². The smallest absolute Gasteiger partial charge is 0.303 e. The van der Waals surface area contributed by atoms with Crippen molar-refractivity contribution in [3.8, 4) is 0 Å². The number of carboxylic acid groups (broad SMARTS) is 1. The number of hydrogen-bond acceptors (Lipinski definition) is 3. The second-order valence-corrected chi connectivity index (χ2v) is 5.75. The summed E-state index contributed by atoms with van der Waals surface area (Å²) >= 11 is 5.15. The van der Waals surface area contributed by atoms with Crippen LogP contribution < -0.4 is 5.32 Å². The lowest BCUT2D eigenvalue weighted by Crippen LogP contribution is -2.18. The van der Waals surface area contributed by atoms with Gasteiger partial charge in [-0.3, -0.25) is 4.79 Å². The Balaban J connectivity index is 2.00. The summed E-state index contributed by atoms with van der Waals surface area (Å²) < 4.78 is 1.16. The van der Waals surface area contributed by atoms with Crippen molar-refractivity contribution in [3.05, 3.63) is 20.8 Å². The van der Waals surface area contributed by atoms with Gasteiger partial charge in [0, 0.05) is 11.3 Å².